The summed E-state index contributed by atoms with van der Waals surface area (Å²) in [5, 5.41) is 49.7. The number of aromatic hydroxyl groups is 1. The molecule has 3 rings (SSSR count). The molecule has 0 spiro atoms. The van der Waals surface area contributed by atoms with Gasteiger partial charge in [-0.2, -0.15) is 13.5 Å². The predicted octanol–water partition coefficient (Wildman–Crippen LogP) is 3.60. The molecule has 0 bridgehead atoms. The van der Waals surface area contributed by atoms with Gasteiger partial charge in [0.15, 0.2) is 0 Å². The van der Waals surface area contributed by atoms with E-state index < -0.39 is 38.7 Å². The second-order valence-corrected chi connectivity index (χ2v) is 9.00. The normalized spacial score (nSPS) is 11.9. The van der Waals surface area contributed by atoms with Crippen LogP contribution in [-0.2, 0) is 10.1 Å². The first-order valence-electron chi connectivity index (χ1n) is 10.3. The molecule has 0 aliphatic carbocycles. The van der Waals surface area contributed by atoms with Gasteiger partial charge in [-0.1, -0.05) is 12.1 Å². The highest BCUT2D eigenvalue weighted by Gasteiger charge is 2.17. The number of aromatic carboxylic acids is 3. The predicted molar refractivity (Wildman–Crippen MR) is 131 cm³/mol. The number of hydrazone groups is 1. The number of nitrogens with zero attached hydrogens (tertiary/aromatic N) is 3. The lowest BCUT2D eigenvalue weighted by atomic mass is 10.1. The fourth-order valence-electron chi connectivity index (χ4n) is 3.03. The summed E-state index contributed by atoms with van der Waals surface area (Å²) in [7, 11) is -4.64. The van der Waals surface area contributed by atoms with Gasteiger partial charge in [-0.05, 0) is 55.0 Å². The van der Waals surface area contributed by atoms with Gasteiger partial charge >= 0.3 is 17.9 Å². The number of phenolic OH excluding ortho intramolecular Hbond substituents is 1. The molecule has 0 aromatic heterocycles. The quantitative estimate of drug-likeness (QED) is 0.0600. The van der Waals surface area contributed by atoms with Crippen molar-refractivity contribution >= 4 is 45.2 Å². The number of carbonyl (C=O) groups is 3. The molecule has 6 N–H and O–H groups in total. The summed E-state index contributed by atoms with van der Waals surface area (Å²) < 4.78 is 32.5. The zero-order chi connectivity index (χ0) is 28.2. The molecule has 0 aliphatic rings. The van der Waals surface area contributed by atoms with Crippen molar-refractivity contribution in [3.05, 3.63) is 82.4 Å². The van der Waals surface area contributed by atoms with Gasteiger partial charge in [-0.25, -0.2) is 14.4 Å². The zero-order valence-corrected chi connectivity index (χ0v) is 20.0. The summed E-state index contributed by atoms with van der Waals surface area (Å²) in [6, 6.07) is 10.0. The SMILES string of the molecule is Cc1cc(S(=O)(=O)O)cc(N/N=C(\N=Nc2cc(C(=O)O)ccc2C(=O)O)c2ccc(C(=O)O)cc2)c1O. The van der Waals surface area contributed by atoms with E-state index in [1.807, 2.05) is 0 Å². The van der Waals surface area contributed by atoms with E-state index in [0.717, 1.165) is 30.3 Å². The Hall–Kier alpha value is -5.15. The van der Waals surface area contributed by atoms with E-state index >= 15 is 0 Å². The van der Waals surface area contributed by atoms with E-state index in [0.29, 0.717) is 0 Å². The number of hydrogen-bond donors (Lipinski definition) is 6. The molecule has 0 heterocycles. The number of rotatable bonds is 8. The number of phenols is 1. The number of carboxylic acids is 3. The number of amidine groups is 1. The largest absolute Gasteiger partial charge is 0.505 e. The Bertz CT molecular complexity index is 1610. The van der Waals surface area contributed by atoms with Crippen LogP contribution < -0.4 is 5.43 Å². The smallest absolute Gasteiger partial charge is 0.337 e. The lowest BCUT2D eigenvalue weighted by molar-refractivity contribution is 0.0682. The van der Waals surface area contributed by atoms with Crippen molar-refractivity contribution in [2.24, 2.45) is 15.3 Å². The van der Waals surface area contributed by atoms with E-state index in [9.17, 15) is 42.7 Å². The van der Waals surface area contributed by atoms with Crippen molar-refractivity contribution in [2.45, 2.75) is 11.8 Å². The average Bonchev–Trinajstić information content (AvgIpc) is 2.85. The Balaban J connectivity index is 2.13. The summed E-state index contributed by atoms with van der Waals surface area (Å²) in [6.45, 7) is 1.37. The zero-order valence-electron chi connectivity index (χ0n) is 19.2. The molecule has 3 aromatic rings. The molecule has 14 nitrogen and oxygen atoms in total. The van der Waals surface area contributed by atoms with Crippen LogP contribution >= 0.6 is 0 Å². The lowest BCUT2D eigenvalue weighted by Gasteiger charge is -2.10. The third-order valence-electron chi connectivity index (χ3n) is 4.97. The Morgan fingerprint density at radius 1 is 0.816 bits per heavy atom. The minimum Gasteiger partial charge on any atom is -0.505 e. The Morgan fingerprint density at radius 3 is 1.95 bits per heavy atom. The molecule has 0 amide bonds. The molecule has 0 unspecified atom stereocenters. The highest BCUT2D eigenvalue weighted by atomic mass is 32.2. The van der Waals surface area contributed by atoms with Gasteiger partial charge in [0, 0.05) is 5.56 Å². The second kappa shape index (κ2) is 10.9. The summed E-state index contributed by atoms with van der Waals surface area (Å²) in [4.78, 5) is 33.5. The van der Waals surface area contributed by atoms with Crippen molar-refractivity contribution < 1.29 is 47.8 Å². The molecular weight excluding hydrogens is 524 g/mol. The Morgan fingerprint density at radius 2 is 1.39 bits per heavy atom. The maximum atomic E-state index is 11.6. The van der Waals surface area contributed by atoms with Crippen molar-refractivity contribution in [3.63, 3.8) is 0 Å². The highest BCUT2D eigenvalue weighted by molar-refractivity contribution is 7.85. The van der Waals surface area contributed by atoms with E-state index in [1.54, 1.807) is 0 Å². The Kier molecular flexibility index (Phi) is 7.84. The van der Waals surface area contributed by atoms with Gasteiger partial charge in [0.2, 0.25) is 5.84 Å². The first kappa shape index (κ1) is 27.4. The highest BCUT2D eigenvalue weighted by Crippen LogP contribution is 2.31. The van der Waals surface area contributed by atoms with E-state index in [4.69, 9.17) is 5.11 Å². The number of hydrogen-bond acceptors (Lipinski definition) is 9. The molecular formula is C23H18N4O10S. The average molecular weight is 542 g/mol. The van der Waals surface area contributed by atoms with Crippen molar-refractivity contribution in [1.29, 1.82) is 0 Å². The molecule has 3 aromatic carbocycles. The molecule has 0 atom stereocenters. The number of aryl methyl sites for hydroxylation is 1. The van der Waals surface area contributed by atoms with Crippen molar-refractivity contribution in [3.8, 4) is 5.75 Å². The molecule has 0 fully saturated rings. The summed E-state index contributed by atoms with van der Waals surface area (Å²) in [6.07, 6.45) is 0. The van der Waals surface area contributed by atoms with Crippen LogP contribution in [0.2, 0.25) is 0 Å². The van der Waals surface area contributed by atoms with E-state index in [1.165, 1.54) is 31.2 Å². The van der Waals surface area contributed by atoms with Gasteiger partial charge in [-0.3, -0.25) is 9.98 Å². The number of benzene rings is 3. The number of azo groups is 1. The van der Waals surface area contributed by atoms with Crippen LogP contribution in [0.5, 0.6) is 5.75 Å². The number of carboxylic acid groups (broad SMARTS) is 3. The van der Waals surface area contributed by atoms with Crippen LogP contribution in [0.15, 0.2) is 74.8 Å². The minimum absolute atomic E-state index is 0.0726. The maximum absolute atomic E-state index is 11.6. The first-order chi connectivity index (χ1) is 17.8. The van der Waals surface area contributed by atoms with Crippen LogP contribution in [0.4, 0.5) is 11.4 Å². The summed E-state index contributed by atoms with van der Waals surface area (Å²) >= 11 is 0. The van der Waals surface area contributed by atoms with Crippen molar-refractivity contribution in [1.82, 2.24) is 0 Å². The Labute approximate surface area is 214 Å². The second-order valence-electron chi connectivity index (χ2n) is 7.58. The van der Waals surface area contributed by atoms with Crippen LogP contribution in [0.3, 0.4) is 0 Å². The molecule has 0 radical (unpaired) electrons. The van der Waals surface area contributed by atoms with Gasteiger partial charge in [0.25, 0.3) is 10.1 Å². The third kappa shape index (κ3) is 6.34. The molecule has 15 heteroatoms. The van der Waals surface area contributed by atoms with Crippen molar-refractivity contribution in [2.75, 3.05) is 5.43 Å². The van der Waals surface area contributed by atoms with Crippen LogP contribution in [0, 0.1) is 6.92 Å². The molecule has 0 saturated carbocycles. The minimum atomic E-state index is -4.64. The van der Waals surface area contributed by atoms with E-state index in [2.05, 4.69) is 20.8 Å². The molecule has 0 aliphatic heterocycles. The van der Waals surface area contributed by atoms with Crippen LogP contribution in [0.1, 0.15) is 42.2 Å². The topological polar surface area (TPSA) is 236 Å². The van der Waals surface area contributed by atoms with Crippen LogP contribution in [0.25, 0.3) is 0 Å². The number of nitrogens with one attached hydrogen (secondary N) is 1. The molecule has 196 valence electrons. The fraction of sp³-hybridized carbons (Fsp3) is 0.0435. The third-order valence-corrected chi connectivity index (χ3v) is 5.80. The van der Waals surface area contributed by atoms with Gasteiger partial charge in [0.05, 0.1) is 27.3 Å². The lowest BCUT2D eigenvalue weighted by Crippen LogP contribution is -2.05. The molecule has 0 saturated heterocycles. The molecule has 38 heavy (non-hydrogen) atoms. The van der Waals surface area contributed by atoms with Gasteiger partial charge < -0.3 is 20.4 Å². The fourth-order valence-corrected chi connectivity index (χ4v) is 3.62. The standard InChI is InChI=1S/C23H18N4O10S/c1-11-8-15(38(35,36)37)10-18(19(11)28)25-27-20(12-2-4-13(5-3-12)21(29)30)26-24-17-9-14(22(31)32)6-7-16(17)23(33)34/h2-10,25,28H,1H3,(H,29,30)(H,31,32)(H,33,34)(H,35,36,37)/b26-24?,27-20-. The van der Waals surface area contributed by atoms with Gasteiger partial charge in [0.1, 0.15) is 11.4 Å². The first-order valence-corrected chi connectivity index (χ1v) is 11.7. The maximum Gasteiger partial charge on any atom is 0.337 e. The van der Waals surface area contributed by atoms with Gasteiger partial charge in [-0.15, -0.1) is 10.2 Å². The monoisotopic (exact) mass is 542 g/mol. The van der Waals surface area contributed by atoms with Crippen LogP contribution in [-0.4, -0.2) is 57.1 Å². The number of anilines is 1. The van der Waals surface area contributed by atoms with E-state index in [-0.39, 0.29) is 45.0 Å². The summed E-state index contributed by atoms with van der Waals surface area (Å²) in [5.74, 6) is -4.69. The summed E-state index contributed by atoms with van der Waals surface area (Å²) in [5.41, 5.74) is 1.30.